The Morgan fingerprint density at radius 2 is 1.07 bits per heavy atom. The minimum absolute atomic E-state index is 0.00611. The third-order valence-corrected chi connectivity index (χ3v) is 7.72. The van der Waals surface area contributed by atoms with Crippen molar-refractivity contribution >= 4 is 18.7 Å². The number of carbonyl (C=O) groups is 3. The van der Waals surface area contributed by atoms with Gasteiger partial charge < -0.3 is 9.47 Å². The predicted molar refractivity (Wildman–Crippen MR) is 117 cm³/mol. The molecule has 0 amide bonds. The third kappa shape index (κ3) is 6.31. The third-order valence-electron chi connectivity index (χ3n) is 7.72. The van der Waals surface area contributed by atoms with Crippen LogP contribution in [0.5, 0.6) is 0 Å². The van der Waals surface area contributed by atoms with Gasteiger partial charge in [-0.1, -0.05) is 54.4 Å². The summed E-state index contributed by atoms with van der Waals surface area (Å²) >= 11 is 0. The Hall–Kier alpha value is -1.39. The zero-order valence-electron chi connectivity index (χ0n) is 19.7. The molecule has 2 saturated carbocycles. The van der Waals surface area contributed by atoms with E-state index in [1.165, 1.54) is 0 Å². The second-order valence-corrected chi connectivity index (χ2v) is 10.7. The molecule has 0 N–H and O–H groups in total. The van der Waals surface area contributed by atoms with Crippen molar-refractivity contribution in [2.24, 2.45) is 47.3 Å². The van der Waals surface area contributed by atoms with E-state index >= 15 is 0 Å². The maximum atomic E-state index is 12.6. The van der Waals surface area contributed by atoms with Gasteiger partial charge in [0, 0.05) is 11.8 Å². The van der Waals surface area contributed by atoms with E-state index in [1.54, 1.807) is 0 Å². The highest BCUT2D eigenvalue weighted by molar-refractivity contribution is 5.69. The van der Waals surface area contributed by atoms with Gasteiger partial charge in [-0.15, -0.1) is 0 Å². The van der Waals surface area contributed by atoms with E-state index in [1.807, 2.05) is 0 Å². The first-order valence-corrected chi connectivity index (χ1v) is 12.0. The van der Waals surface area contributed by atoms with Gasteiger partial charge in [-0.05, 0) is 61.2 Å². The van der Waals surface area contributed by atoms with Crippen molar-refractivity contribution in [1.82, 2.24) is 0 Å². The quantitative estimate of drug-likeness (QED) is 0.371. The first kappa shape index (κ1) is 24.9. The smallest absolute Gasteiger partial charge is 0.423 e. The fourth-order valence-electron chi connectivity index (χ4n) is 5.99. The minimum Gasteiger partial charge on any atom is -0.423 e. The van der Waals surface area contributed by atoms with E-state index in [-0.39, 0.29) is 11.8 Å². The first-order valence-electron chi connectivity index (χ1n) is 12.0. The SMILES string of the molecule is CC1CCC(C(C)C)C(C(C=O)OC(=O)OC(C=O)C2CC(C)CCC2C(C)C)C1. The highest BCUT2D eigenvalue weighted by atomic mass is 16.7. The highest BCUT2D eigenvalue weighted by Gasteiger charge is 2.40. The van der Waals surface area contributed by atoms with Crippen LogP contribution in [0.15, 0.2) is 0 Å². The van der Waals surface area contributed by atoms with E-state index in [0.29, 0.717) is 35.5 Å². The van der Waals surface area contributed by atoms with Gasteiger partial charge >= 0.3 is 6.16 Å². The van der Waals surface area contributed by atoms with Crippen LogP contribution >= 0.6 is 0 Å². The molecule has 5 heteroatoms. The number of hydrogen-bond donors (Lipinski definition) is 0. The lowest BCUT2D eigenvalue weighted by Crippen LogP contribution is -2.42. The molecule has 0 aliphatic heterocycles. The molecule has 0 heterocycles. The van der Waals surface area contributed by atoms with E-state index < -0.39 is 18.4 Å². The Morgan fingerprint density at radius 1 is 0.700 bits per heavy atom. The summed E-state index contributed by atoms with van der Waals surface area (Å²) in [4.78, 5) is 36.3. The minimum atomic E-state index is -0.884. The van der Waals surface area contributed by atoms with Crippen molar-refractivity contribution < 1.29 is 23.9 Å². The van der Waals surface area contributed by atoms with Crippen molar-refractivity contribution in [1.29, 1.82) is 0 Å². The lowest BCUT2D eigenvalue weighted by molar-refractivity contribution is -0.130. The summed E-state index contributed by atoms with van der Waals surface area (Å²) in [5.41, 5.74) is 0. The molecule has 8 unspecified atom stereocenters. The summed E-state index contributed by atoms with van der Waals surface area (Å²) in [5.74, 6) is 2.55. The van der Waals surface area contributed by atoms with Gasteiger partial charge in [-0.2, -0.15) is 0 Å². The Labute approximate surface area is 182 Å². The molecular weight excluding hydrogens is 380 g/mol. The van der Waals surface area contributed by atoms with Crippen LogP contribution in [0.25, 0.3) is 0 Å². The van der Waals surface area contributed by atoms with Crippen molar-refractivity contribution in [2.75, 3.05) is 0 Å². The first-order chi connectivity index (χ1) is 14.2. The number of hydrogen-bond acceptors (Lipinski definition) is 5. The second-order valence-electron chi connectivity index (χ2n) is 10.7. The summed E-state index contributed by atoms with van der Waals surface area (Å²) < 4.78 is 11.1. The van der Waals surface area contributed by atoms with Crippen LogP contribution < -0.4 is 0 Å². The van der Waals surface area contributed by atoms with Crippen molar-refractivity contribution in [3.8, 4) is 0 Å². The van der Waals surface area contributed by atoms with Crippen LogP contribution in [0.1, 0.15) is 80.1 Å². The van der Waals surface area contributed by atoms with Gasteiger partial charge in [-0.25, -0.2) is 4.79 Å². The molecule has 0 aromatic heterocycles. The zero-order chi connectivity index (χ0) is 22.4. The fraction of sp³-hybridized carbons (Fsp3) is 0.880. The standard InChI is InChI=1S/C25H42O5/c1-15(2)19-9-7-17(5)11-21(19)23(13-26)29-25(28)30-24(14-27)22-12-18(6)8-10-20(22)16(3)4/h13-24H,7-12H2,1-6H3. The molecule has 0 aromatic rings. The summed E-state index contributed by atoms with van der Waals surface area (Å²) in [6.45, 7) is 13.0. The number of carbonyl (C=O) groups excluding carboxylic acids is 3. The topological polar surface area (TPSA) is 69.7 Å². The van der Waals surface area contributed by atoms with Gasteiger partial charge in [0.05, 0.1) is 0 Å². The van der Waals surface area contributed by atoms with Gasteiger partial charge in [0.2, 0.25) is 0 Å². The van der Waals surface area contributed by atoms with Crippen LogP contribution in [-0.4, -0.2) is 30.9 Å². The normalized spacial score (nSPS) is 34.3. The van der Waals surface area contributed by atoms with E-state index in [2.05, 4.69) is 41.5 Å². The highest BCUT2D eigenvalue weighted by Crippen LogP contribution is 2.42. The van der Waals surface area contributed by atoms with Crippen molar-refractivity contribution in [3.05, 3.63) is 0 Å². The van der Waals surface area contributed by atoms with Crippen molar-refractivity contribution in [2.45, 2.75) is 92.3 Å². The van der Waals surface area contributed by atoms with Crippen molar-refractivity contribution in [3.63, 3.8) is 0 Å². The molecule has 0 bridgehead atoms. The molecule has 0 radical (unpaired) electrons. The molecule has 2 aliphatic rings. The summed E-state index contributed by atoms with van der Waals surface area (Å²) in [7, 11) is 0. The lowest BCUT2D eigenvalue weighted by Gasteiger charge is -2.40. The van der Waals surface area contributed by atoms with Gasteiger partial charge in [0.25, 0.3) is 0 Å². The Kier molecular flexibility index (Phi) is 9.36. The van der Waals surface area contributed by atoms with Gasteiger partial charge in [0.1, 0.15) is 0 Å². The number of aldehydes is 2. The Morgan fingerprint density at radius 3 is 1.37 bits per heavy atom. The molecule has 5 nitrogen and oxygen atoms in total. The molecular formula is C25H42O5. The second kappa shape index (κ2) is 11.3. The predicted octanol–water partition coefficient (Wildman–Crippen LogP) is 5.69. The average Bonchev–Trinajstić information content (AvgIpc) is 2.69. The molecule has 30 heavy (non-hydrogen) atoms. The molecule has 2 aliphatic carbocycles. The molecule has 0 spiro atoms. The van der Waals surface area contributed by atoms with E-state index in [9.17, 15) is 14.4 Å². The molecule has 0 aromatic carbocycles. The lowest BCUT2D eigenvalue weighted by atomic mass is 9.68. The molecule has 172 valence electrons. The summed E-state index contributed by atoms with van der Waals surface area (Å²) in [6.07, 6.45) is 5.07. The average molecular weight is 423 g/mol. The van der Waals surface area contributed by atoms with Crippen LogP contribution in [0.2, 0.25) is 0 Å². The number of ether oxygens (including phenoxy) is 2. The van der Waals surface area contributed by atoms with Crippen LogP contribution in [0, 0.1) is 47.3 Å². The zero-order valence-corrected chi connectivity index (χ0v) is 19.7. The van der Waals surface area contributed by atoms with Gasteiger partial charge in [-0.3, -0.25) is 9.59 Å². The summed E-state index contributed by atoms with van der Waals surface area (Å²) in [5, 5.41) is 0. The van der Waals surface area contributed by atoms with E-state index in [4.69, 9.17) is 9.47 Å². The monoisotopic (exact) mass is 422 g/mol. The van der Waals surface area contributed by atoms with E-state index in [0.717, 1.165) is 51.1 Å². The maximum absolute atomic E-state index is 12.6. The summed E-state index contributed by atoms with van der Waals surface area (Å²) in [6, 6.07) is 0. The Balaban J connectivity index is 2.06. The number of rotatable bonds is 8. The molecule has 2 fully saturated rings. The molecule has 0 saturated heterocycles. The maximum Gasteiger partial charge on any atom is 0.509 e. The molecule has 8 atom stereocenters. The van der Waals surface area contributed by atoms with Crippen LogP contribution in [0.4, 0.5) is 4.79 Å². The Bertz CT molecular complexity index is 524. The van der Waals surface area contributed by atoms with Crippen LogP contribution in [0.3, 0.4) is 0 Å². The fourth-order valence-corrected chi connectivity index (χ4v) is 5.99. The largest absolute Gasteiger partial charge is 0.509 e. The van der Waals surface area contributed by atoms with Crippen LogP contribution in [-0.2, 0) is 19.1 Å². The van der Waals surface area contributed by atoms with Gasteiger partial charge in [0.15, 0.2) is 24.8 Å². The molecule has 2 rings (SSSR count).